The fraction of sp³-hybridized carbons (Fsp3) is 0.167. The first kappa shape index (κ1) is 15.3. The van der Waals surface area contributed by atoms with Crippen LogP contribution in [0.4, 0.5) is 11.4 Å². The van der Waals surface area contributed by atoms with E-state index in [0.29, 0.717) is 6.54 Å². The minimum Gasteiger partial charge on any atom is -0.315 e. The number of carbonyl (C=O) groups is 1. The molecule has 0 atom stereocenters. The molecule has 2 rings (SSSR count). The summed E-state index contributed by atoms with van der Waals surface area (Å²) in [5.74, 6) is -0.579. The molecule has 0 aliphatic heterocycles. The monoisotopic (exact) mass is 328 g/mol. The van der Waals surface area contributed by atoms with Crippen LogP contribution < -0.4 is 5.32 Å². The van der Waals surface area contributed by atoms with Gasteiger partial charge in [0.1, 0.15) is 11.4 Å². The predicted molar refractivity (Wildman–Crippen MR) is 79.0 cm³/mol. The van der Waals surface area contributed by atoms with E-state index in [-0.39, 0.29) is 27.1 Å². The first-order valence-corrected chi connectivity index (χ1v) is 6.66. The number of nitro groups is 1. The summed E-state index contributed by atoms with van der Waals surface area (Å²) in [5.41, 5.74) is -0.118. The highest BCUT2D eigenvalue weighted by Gasteiger charge is 2.21. The molecule has 2 aromatic rings. The third kappa shape index (κ3) is 3.14. The molecule has 0 unspecified atom stereocenters. The van der Waals surface area contributed by atoms with Crippen LogP contribution in [0.3, 0.4) is 0 Å². The van der Waals surface area contributed by atoms with E-state index in [0.717, 1.165) is 6.07 Å². The molecule has 1 aromatic heterocycles. The van der Waals surface area contributed by atoms with Crippen molar-refractivity contribution in [1.29, 1.82) is 0 Å². The number of benzene rings is 1. The van der Waals surface area contributed by atoms with E-state index in [9.17, 15) is 14.9 Å². The maximum Gasteiger partial charge on any atom is 0.294 e. The van der Waals surface area contributed by atoms with Gasteiger partial charge in [-0.05, 0) is 19.1 Å². The van der Waals surface area contributed by atoms with Gasteiger partial charge in [-0.15, -0.1) is 0 Å². The maximum atomic E-state index is 12.2. The van der Waals surface area contributed by atoms with Gasteiger partial charge in [0.05, 0.1) is 16.1 Å². The summed E-state index contributed by atoms with van der Waals surface area (Å²) in [7, 11) is 0. The van der Waals surface area contributed by atoms with Crippen LogP contribution in [-0.4, -0.2) is 20.6 Å². The first-order chi connectivity index (χ1) is 9.93. The number of carbonyl (C=O) groups excluding carboxylic acids is 1. The van der Waals surface area contributed by atoms with Crippen LogP contribution in [0.1, 0.15) is 17.4 Å². The number of amides is 1. The molecule has 1 heterocycles. The Kier molecular flexibility index (Phi) is 4.44. The zero-order chi connectivity index (χ0) is 15.6. The summed E-state index contributed by atoms with van der Waals surface area (Å²) in [5, 5.41) is 17.8. The Morgan fingerprint density at radius 3 is 2.81 bits per heavy atom. The van der Waals surface area contributed by atoms with Gasteiger partial charge in [0.2, 0.25) is 0 Å². The molecule has 0 fully saturated rings. The summed E-state index contributed by atoms with van der Waals surface area (Å²) in [6.45, 7) is 2.24. The van der Waals surface area contributed by atoms with Gasteiger partial charge >= 0.3 is 0 Å². The summed E-state index contributed by atoms with van der Waals surface area (Å²) in [6.07, 6.45) is 1.34. The minimum atomic E-state index is -0.625. The van der Waals surface area contributed by atoms with Crippen molar-refractivity contribution >= 4 is 40.5 Å². The number of nitrogens with one attached hydrogen (secondary N) is 1. The number of anilines is 1. The van der Waals surface area contributed by atoms with Crippen molar-refractivity contribution in [2.75, 3.05) is 5.32 Å². The van der Waals surface area contributed by atoms with Crippen LogP contribution in [0.25, 0.3) is 0 Å². The van der Waals surface area contributed by atoms with Gasteiger partial charge in [0.15, 0.2) is 0 Å². The number of aromatic nitrogens is 2. The van der Waals surface area contributed by atoms with Crippen molar-refractivity contribution < 1.29 is 9.72 Å². The molecule has 0 radical (unpaired) electrons. The molecule has 21 heavy (non-hydrogen) atoms. The third-order valence-corrected chi connectivity index (χ3v) is 3.23. The fourth-order valence-corrected chi connectivity index (χ4v) is 2.16. The molecule has 0 aliphatic rings. The van der Waals surface area contributed by atoms with E-state index >= 15 is 0 Å². The van der Waals surface area contributed by atoms with Crippen molar-refractivity contribution in [3.63, 3.8) is 0 Å². The maximum absolute atomic E-state index is 12.2. The lowest BCUT2D eigenvalue weighted by Gasteiger charge is -2.08. The predicted octanol–water partition coefficient (Wildman–Crippen LogP) is 3.37. The van der Waals surface area contributed by atoms with Crippen LogP contribution in [0.5, 0.6) is 0 Å². The van der Waals surface area contributed by atoms with Crippen molar-refractivity contribution in [2.24, 2.45) is 0 Å². The molecule has 110 valence electrons. The lowest BCUT2D eigenvalue weighted by molar-refractivity contribution is -0.383. The lowest BCUT2D eigenvalue weighted by Crippen LogP contribution is -2.18. The Labute approximate surface area is 129 Å². The quantitative estimate of drug-likeness (QED) is 0.688. The molecule has 9 heteroatoms. The second-order valence-electron chi connectivity index (χ2n) is 4.03. The van der Waals surface area contributed by atoms with E-state index < -0.39 is 10.8 Å². The molecule has 0 saturated carbocycles. The number of nitro benzene ring substituents is 1. The SMILES string of the molecule is CCn1ncc(Cl)c1C(=O)Nc1ccc(Cl)cc1[N+](=O)[O-]. The van der Waals surface area contributed by atoms with Crippen molar-refractivity contribution in [2.45, 2.75) is 13.5 Å². The van der Waals surface area contributed by atoms with E-state index in [1.807, 2.05) is 0 Å². The molecule has 0 saturated heterocycles. The highest BCUT2D eigenvalue weighted by atomic mass is 35.5. The van der Waals surface area contributed by atoms with Crippen LogP contribution >= 0.6 is 23.2 Å². The zero-order valence-electron chi connectivity index (χ0n) is 10.8. The largest absolute Gasteiger partial charge is 0.315 e. The average molecular weight is 329 g/mol. The van der Waals surface area contributed by atoms with Crippen molar-refractivity contribution in [3.8, 4) is 0 Å². The number of hydrogen-bond donors (Lipinski definition) is 1. The van der Waals surface area contributed by atoms with Gasteiger partial charge in [-0.1, -0.05) is 23.2 Å². The van der Waals surface area contributed by atoms with Gasteiger partial charge in [0.25, 0.3) is 11.6 Å². The number of nitrogens with zero attached hydrogens (tertiary/aromatic N) is 3. The molecule has 1 aromatic carbocycles. The highest BCUT2D eigenvalue weighted by Crippen LogP contribution is 2.28. The number of rotatable bonds is 4. The third-order valence-electron chi connectivity index (χ3n) is 2.71. The normalized spacial score (nSPS) is 10.4. The highest BCUT2D eigenvalue weighted by molar-refractivity contribution is 6.34. The number of halogens is 2. The zero-order valence-corrected chi connectivity index (χ0v) is 12.4. The molecule has 0 aliphatic carbocycles. The molecule has 0 bridgehead atoms. The van der Waals surface area contributed by atoms with E-state index in [2.05, 4.69) is 10.4 Å². The Hall–Kier alpha value is -2.12. The first-order valence-electron chi connectivity index (χ1n) is 5.90. The van der Waals surface area contributed by atoms with E-state index in [4.69, 9.17) is 23.2 Å². The average Bonchev–Trinajstić information content (AvgIpc) is 2.81. The molecule has 7 nitrogen and oxygen atoms in total. The van der Waals surface area contributed by atoms with Crippen LogP contribution in [-0.2, 0) is 6.54 Å². The molecule has 1 amide bonds. The molecule has 1 N–H and O–H groups in total. The van der Waals surface area contributed by atoms with Crippen molar-refractivity contribution in [1.82, 2.24) is 9.78 Å². The Bertz CT molecular complexity index is 715. The second kappa shape index (κ2) is 6.11. The molecular formula is C12H10Cl2N4O3. The molecular weight excluding hydrogens is 319 g/mol. The van der Waals surface area contributed by atoms with E-state index in [1.54, 1.807) is 6.92 Å². The topological polar surface area (TPSA) is 90.1 Å². The molecule has 0 spiro atoms. The van der Waals surface area contributed by atoms with Crippen LogP contribution in [0.2, 0.25) is 10.0 Å². The summed E-state index contributed by atoms with van der Waals surface area (Å²) in [4.78, 5) is 22.6. The smallest absolute Gasteiger partial charge is 0.294 e. The summed E-state index contributed by atoms with van der Waals surface area (Å²) in [6, 6.07) is 3.97. The fourth-order valence-electron chi connectivity index (χ4n) is 1.77. The summed E-state index contributed by atoms with van der Waals surface area (Å²) < 4.78 is 1.40. The number of aryl methyl sites for hydroxylation is 1. The minimum absolute atomic E-state index is 0.0364. The Morgan fingerprint density at radius 2 is 2.19 bits per heavy atom. The van der Waals surface area contributed by atoms with Gasteiger partial charge < -0.3 is 5.32 Å². The van der Waals surface area contributed by atoms with Gasteiger partial charge in [0, 0.05) is 17.6 Å². The number of hydrogen-bond acceptors (Lipinski definition) is 4. The Morgan fingerprint density at radius 1 is 1.48 bits per heavy atom. The van der Waals surface area contributed by atoms with Crippen LogP contribution in [0, 0.1) is 10.1 Å². The summed E-state index contributed by atoms with van der Waals surface area (Å²) >= 11 is 11.6. The van der Waals surface area contributed by atoms with Gasteiger partial charge in [-0.25, -0.2) is 0 Å². The lowest BCUT2D eigenvalue weighted by atomic mass is 10.2. The van der Waals surface area contributed by atoms with Gasteiger partial charge in [-0.3, -0.25) is 19.6 Å². The van der Waals surface area contributed by atoms with Gasteiger partial charge in [-0.2, -0.15) is 5.10 Å². The standard InChI is InChI=1S/C12H10Cl2N4O3/c1-2-17-11(8(14)6-15-17)12(19)16-9-4-3-7(13)5-10(9)18(20)21/h3-6H,2H2,1H3,(H,16,19). The second-order valence-corrected chi connectivity index (χ2v) is 4.87. The van der Waals surface area contributed by atoms with Crippen molar-refractivity contribution in [3.05, 3.63) is 50.2 Å². The van der Waals surface area contributed by atoms with Crippen LogP contribution in [0.15, 0.2) is 24.4 Å². The van der Waals surface area contributed by atoms with E-state index in [1.165, 1.54) is 23.0 Å². The Balaban J connectivity index is 2.36.